The third-order valence-corrected chi connectivity index (χ3v) is 7.09. The van der Waals surface area contributed by atoms with Gasteiger partial charge in [0, 0.05) is 37.6 Å². The Morgan fingerprint density at radius 1 is 1.03 bits per heavy atom. The number of rotatable bonds is 6. The van der Waals surface area contributed by atoms with Crippen LogP contribution in [0.5, 0.6) is 11.5 Å². The molecule has 1 saturated heterocycles. The first-order chi connectivity index (χ1) is 15.9. The Morgan fingerprint density at radius 2 is 1.73 bits per heavy atom. The maximum absolute atomic E-state index is 13.0. The van der Waals surface area contributed by atoms with Crippen LogP contribution in [0.15, 0.2) is 35.7 Å². The first kappa shape index (κ1) is 22.7. The standard InChI is InChI=1S/C21H20N4O6S2/c1-30-15-5-3-4-13(18(15)31-2)19-22-14(12-32-19)20(26)23-8-10-24(11-9-23)21(27)16-6-7-17(33-16)25(28)29/h3-7,12H,8-11H2,1-2H3. The first-order valence-corrected chi connectivity index (χ1v) is 11.6. The molecule has 0 atom stereocenters. The monoisotopic (exact) mass is 488 g/mol. The molecule has 1 aromatic carbocycles. The van der Waals surface area contributed by atoms with Crippen LogP contribution in [0.3, 0.4) is 0 Å². The molecular formula is C21H20N4O6S2. The summed E-state index contributed by atoms with van der Waals surface area (Å²) in [4.78, 5) is 44.0. The van der Waals surface area contributed by atoms with E-state index < -0.39 is 4.92 Å². The molecule has 1 fully saturated rings. The van der Waals surface area contributed by atoms with Crippen LogP contribution in [0.4, 0.5) is 5.00 Å². The van der Waals surface area contributed by atoms with Gasteiger partial charge < -0.3 is 19.3 Å². The molecule has 1 aliphatic rings. The number of nitro groups is 1. The second-order valence-corrected chi connectivity index (χ2v) is 8.98. The maximum Gasteiger partial charge on any atom is 0.324 e. The lowest BCUT2D eigenvalue weighted by atomic mass is 10.2. The van der Waals surface area contributed by atoms with E-state index in [9.17, 15) is 19.7 Å². The van der Waals surface area contributed by atoms with E-state index in [1.807, 2.05) is 12.1 Å². The quantitative estimate of drug-likeness (QED) is 0.386. The van der Waals surface area contributed by atoms with Crippen molar-refractivity contribution >= 4 is 39.5 Å². The average Bonchev–Trinajstić information content (AvgIpc) is 3.53. The molecule has 2 aromatic heterocycles. The summed E-state index contributed by atoms with van der Waals surface area (Å²) in [6.45, 7) is 1.40. The van der Waals surface area contributed by atoms with Crippen LogP contribution in [0.1, 0.15) is 20.2 Å². The van der Waals surface area contributed by atoms with Crippen molar-refractivity contribution in [3.05, 3.63) is 56.4 Å². The van der Waals surface area contributed by atoms with Gasteiger partial charge in [-0.05, 0) is 18.2 Å². The number of thiazole rings is 1. The van der Waals surface area contributed by atoms with Crippen molar-refractivity contribution < 1.29 is 24.0 Å². The molecule has 0 radical (unpaired) electrons. The van der Waals surface area contributed by atoms with Crippen molar-refractivity contribution in [2.24, 2.45) is 0 Å². The van der Waals surface area contributed by atoms with Crippen LogP contribution in [0.25, 0.3) is 10.6 Å². The van der Waals surface area contributed by atoms with Crippen LogP contribution in [0, 0.1) is 10.1 Å². The number of amides is 2. The Hall–Kier alpha value is -3.51. The van der Waals surface area contributed by atoms with E-state index in [0.29, 0.717) is 53.3 Å². The molecule has 33 heavy (non-hydrogen) atoms. The highest BCUT2D eigenvalue weighted by atomic mass is 32.1. The van der Waals surface area contributed by atoms with Crippen molar-refractivity contribution in [1.29, 1.82) is 0 Å². The number of carbonyl (C=O) groups is 2. The summed E-state index contributed by atoms with van der Waals surface area (Å²) in [6.07, 6.45) is 0. The molecule has 0 aliphatic carbocycles. The Kier molecular flexibility index (Phi) is 6.56. The molecule has 0 saturated carbocycles. The molecule has 2 amide bonds. The van der Waals surface area contributed by atoms with Crippen molar-refractivity contribution in [2.45, 2.75) is 0 Å². The van der Waals surface area contributed by atoms with Gasteiger partial charge in [-0.2, -0.15) is 0 Å². The molecule has 0 spiro atoms. The second-order valence-electron chi connectivity index (χ2n) is 7.06. The number of carbonyl (C=O) groups excluding carboxylic acids is 2. The van der Waals surface area contributed by atoms with Crippen LogP contribution in [-0.4, -0.2) is 71.9 Å². The molecule has 3 heterocycles. The summed E-state index contributed by atoms with van der Waals surface area (Å²) in [5.74, 6) is 0.656. The molecule has 10 nitrogen and oxygen atoms in total. The van der Waals surface area contributed by atoms with Gasteiger partial charge in [0.15, 0.2) is 11.5 Å². The van der Waals surface area contributed by atoms with Gasteiger partial charge in [0.2, 0.25) is 0 Å². The molecule has 12 heteroatoms. The summed E-state index contributed by atoms with van der Waals surface area (Å²) >= 11 is 2.19. The van der Waals surface area contributed by atoms with Crippen molar-refractivity contribution in [3.8, 4) is 22.1 Å². The molecule has 1 aliphatic heterocycles. The number of ether oxygens (including phenoxy) is 2. The van der Waals surface area contributed by atoms with E-state index in [2.05, 4.69) is 4.98 Å². The van der Waals surface area contributed by atoms with Crippen LogP contribution in [-0.2, 0) is 0 Å². The molecule has 0 N–H and O–H groups in total. The minimum atomic E-state index is -0.513. The summed E-state index contributed by atoms with van der Waals surface area (Å²) < 4.78 is 10.8. The summed E-state index contributed by atoms with van der Waals surface area (Å²) in [5, 5.41) is 13.1. The number of thiophene rings is 1. The van der Waals surface area contributed by atoms with E-state index in [0.717, 1.165) is 16.9 Å². The molecular weight excluding hydrogens is 468 g/mol. The maximum atomic E-state index is 13.0. The molecule has 4 rings (SSSR count). The van der Waals surface area contributed by atoms with Crippen LogP contribution in [0.2, 0.25) is 0 Å². The SMILES string of the molecule is COc1cccc(-c2nc(C(=O)N3CCN(C(=O)c4ccc([N+](=O)[O-])s4)CC3)cs2)c1OC. The van der Waals surface area contributed by atoms with E-state index >= 15 is 0 Å². The van der Waals surface area contributed by atoms with Gasteiger partial charge in [-0.25, -0.2) is 4.98 Å². The zero-order valence-electron chi connectivity index (χ0n) is 17.8. The molecule has 0 unspecified atom stereocenters. The number of aromatic nitrogens is 1. The number of methoxy groups -OCH3 is 2. The Labute approximate surface area is 197 Å². The smallest absolute Gasteiger partial charge is 0.324 e. The van der Waals surface area contributed by atoms with Gasteiger partial charge in [-0.1, -0.05) is 17.4 Å². The average molecular weight is 489 g/mol. The fraction of sp³-hybridized carbons (Fsp3) is 0.286. The number of para-hydroxylation sites is 1. The van der Waals surface area contributed by atoms with E-state index in [-0.39, 0.29) is 16.8 Å². The predicted molar refractivity (Wildman–Crippen MR) is 123 cm³/mol. The van der Waals surface area contributed by atoms with Crippen molar-refractivity contribution in [1.82, 2.24) is 14.8 Å². The fourth-order valence-corrected chi connectivity index (χ4v) is 5.13. The minimum Gasteiger partial charge on any atom is -0.493 e. The van der Waals surface area contributed by atoms with E-state index in [1.54, 1.807) is 35.5 Å². The van der Waals surface area contributed by atoms with E-state index in [1.165, 1.54) is 23.5 Å². The third-order valence-electron chi connectivity index (χ3n) is 5.19. The normalized spacial score (nSPS) is 13.6. The van der Waals surface area contributed by atoms with Crippen molar-refractivity contribution in [2.75, 3.05) is 40.4 Å². The van der Waals surface area contributed by atoms with E-state index in [4.69, 9.17) is 9.47 Å². The molecule has 0 bridgehead atoms. The summed E-state index contributed by atoms with van der Waals surface area (Å²) in [7, 11) is 3.11. The summed E-state index contributed by atoms with van der Waals surface area (Å²) in [5.41, 5.74) is 1.06. The Bertz CT molecular complexity index is 1200. The van der Waals surface area contributed by atoms with Gasteiger partial charge in [0.25, 0.3) is 11.8 Å². The zero-order valence-corrected chi connectivity index (χ0v) is 19.5. The Balaban J connectivity index is 1.42. The summed E-state index contributed by atoms with van der Waals surface area (Å²) in [6, 6.07) is 8.27. The predicted octanol–water partition coefficient (Wildman–Crippen LogP) is 3.40. The first-order valence-electron chi connectivity index (χ1n) is 9.92. The molecule has 172 valence electrons. The molecule has 3 aromatic rings. The highest BCUT2D eigenvalue weighted by Gasteiger charge is 2.28. The van der Waals surface area contributed by atoms with Gasteiger partial charge >= 0.3 is 5.00 Å². The number of piperazine rings is 1. The third kappa shape index (κ3) is 4.52. The topological polar surface area (TPSA) is 115 Å². The van der Waals surface area contributed by atoms with Crippen LogP contribution < -0.4 is 9.47 Å². The largest absolute Gasteiger partial charge is 0.493 e. The number of hydrogen-bond acceptors (Lipinski definition) is 9. The Morgan fingerprint density at radius 3 is 2.33 bits per heavy atom. The van der Waals surface area contributed by atoms with Crippen molar-refractivity contribution in [3.63, 3.8) is 0 Å². The number of hydrogen-bond donors (Lipinski definition) is 0. The van der Waals surface area contributed by atoms with Gasteiger partial charge in [0.05, 0.1) is 29.6 Å². The highest BCUT2D eigenvalue weighted by Crippen LogP contribution is 2.39. The second kappa shape index (κ2) is 9.55. The van der Waals surface area contributed by atoms with Gasteiger partial charge in [-0.15, -0.1) is 11.3 Å². The zero-order chi connectivity index (χ0) is 23.5. The number of benzene rings is 1. The lowest BCUT2D eigenvalue weighted by Crippen LogP contribution is -2.50. The lowest BCUT2D eigenvalue weighted by Gasteiger charge is -2.34. The minimum absolute atomic E-state index is 0.0702. The fourth-order valence-electron chi connectivity index (χ4n) is 3.52. The van der Waals surface area contributed by atoms with Gasteiger partial charge in [-0.3, -0.25) is 19.7 Å². The highest BCUT2D eigenvalue weighted by molar-refractivity contribution is 7.17. The van der Waals surface area contributed by atoms with Gasteiger partial charge in [0.1, 0.15) is 10.7 Å². The lowest BCUT2D eigenvalue weighted by molar-refractivity contribution is -0.380. The number of nitrogens with zero attached hydrogens (tertiary/aromatic N) is 4. The van der Waals surface area contributed by atoms with Crippen LogP contribution >= 0.6 is 22.7 Å².